The monoisotopic (exact) mass is 322 g/mol. The number of nitrogens with zero attached hydrogens (tertiary/aromatic N) is 1. The second-order valence-electron chi connectivity index (χ2n) is 6.61. The van der Waals surface area contributed by atoms with E-state index < -0.39 is 0 Å². The van der Waals surface area contributed by atoms with Crippen molar-refractivity contribution in [1.29, 1.82) is 0 Å². The molecule has 2 aliphatic rings. The van der Waals surface area contributed by atoms with E-state index in [9.17, 15) is 4.79 Å². The van der Waals surface area contributed by atoms with Crippen LogP contribution in [0.3, 0.4) is 0 Å². The maximum atomic E-state index is 12.5. The summed E-state index contributed by atoms with van der Waals surface area (Å²) in [4.78, 5) is 14.4. The van der Waals surface area contributed by atoms with Gasteiger partial charge in [0.2, 0.25) is 0 Å². The molecule has 1 heterocycles. The van der Waals surface area contributed by atoms with Gasteiger partial charge in [-0.15, -0.1) is 12.4 Å². The van der Waals surface area contributed by atoms with Crippen molar-refractivity contribution in [2.75, 3.05) is 13.1 Å². The van der Waals surface area contributed by atoms with Crippen molar-refractivity contribution >= 4 is 18.3 Å². The average Bonchev–Trinajstić information content (AvgIpc) is 2.55. The van der Waals surface area contributed by atoms with Crippen LogP contribution in [-0.2, 0) is 0 Å². The summed E-state index contributed by atoms with van der Waals surface area (Å²) in [7, 11) is 0. The molecule has 1 amide bonds. The molecule has 122 valence electrons. The zero-order chi connectivity index (χ0) is 14.7. The Morgan fingerprint density at radius 3 is 2.32 bits per heavy atom. The molecule has 3 nitrogen and oxygen atoms in total. The van der Waals surface area contributed by atoms with Gasteiger partial charge in [-0.25, -0.2) is 0 Å². The molecule has 0 radical (unpaired) electrons. The van der Waals surface area contributed by atoms with Gasteiger partial charge in [0.1, 0.15) is 0 Å². The highest BCUT2D eigenvalue weighted by atomic mass is 35.5. The van der Waals surface area contributed by atoms with E-state index in [1.807, 2.05) is 17.0 Å². The minimum Gasteiger partial charge on any atom is -0.337 e. The Balaban J connectivity index is 0.00000176. The van der Waals surface area contributed by atoms with Crippen LogP contribution in [0.4, 0.5) is 0 Å². The van der Waals surface area contributed by atoms with E-state index in [1.165, 1.54) is 37.7 Å². The largest absolute Gasteiger partial charge is 0.337 e. The molecule has 1 saturated carbocycles. The van der Waals surface area contributed by atoms with Crippen LogP contribution < -0.4 is 5.73 Å². The SMILES string of the molecule is Cl.NC1CCCN(C(=O)c2ccc(C3CCCCC3)cc2)C1. The van der Waals surface area contributed by atoms with Gasteiger partial charge in [-0.1, -0.05) is 31.4 Å². The van der Waals surface area contributed by atoms with Gasteiger partial charge in [-0.05, 0) is 49.3 Å². The van der Waals surface area contributed by atoms with Crippen molar-refractivity contribution in [3.8, 4) is 0 Å². The Bertz CT molecular complexity index is 482. The van der Waals surface area contributed by atoms with Crippen LogP contribution >= 0.6 is 12.4 Å². The number of hydrogen-bond acceptors (Lipinski definition) is 2. The second kappa shape index (κ2) is 7.98. The number of nitrogens with two attached hydrogens (primary N) is 1. The van der Waals surface area contributed by atoms with Crippen molar-refractivity contribution in [3.05, 3.63) is 35.4 Å². The summed E-state index contributed by atoms with van der Waals surface area (Å²) < 4.78 is 0. The zero-order valence-electron chi connectivity index (χ0n) is 13.2. The van der Waals surface area contributed by atoms with E-state index in [4.69, 9.17) is 5.73 Å². The molecule has 3 rings (SSSR count). The van der Waals surface area contributed by atoms with Gasteiger partial charge < -0.3 is 10.6 Å². The molecule has 1 atom stereocenters. The Morgan fingerprint density at radius 2 is 1.68 bits per heavy atom. The highest BCUT2D eigenvalue weighted by molar-refractivity contribution is 5.94. The summed E-state index contributed by atoms with van der Waals surface area (Å²) in [6.45, 7) is 1.54. The first-order valence-electron chi connectivity index (χ1n) is 8.39. The third kappa shape index (κ3) is 4.02. The van der Waals surface area contributed by atoms with E-state index >= 15 is 0 Å². The van der Waals surface area contributed by atoms with Gasteiger partial charge in [0.05, 0.1) is 0 Å². The minimum atomic E-state index is 0. The third-order valence-corrected chi connectivity index (χ3v) is 4.98. The highest BCUT2D eigenvalue weighted by Crippen LogP contribution is 2.32. The maximum absolute atomic E-state index is 12.5. The summed E-state index contributed by atoms with van der Waals surface area (Å²) in [6, 6.07) is 8.48. The fraction of sp³-hybridized carbons (Fsp3) is 0.611. The molecule has 2 N–H and O–H groups in total. The standard InChI is InChI=1S/C18H26N2O.ClH/c19-17-7-4-12-20(13-17)18(21)16-10-8-15(9-11-16)14-5-2-1-3-6-14;/h8-11,14,17H,1-7,12-13,19H2;1H. The normalized spacial score (nSPS) is 23.0. The van der Waals surface area contributed by atoms with Gasteiger partial charge in [0.15, 0.2) is 0 Å². The lowest BCUT2D eigenvalue weighted by molar-refractivity contribution is 0.0709. The van der Waals surface area contributed by atoms with Gasteiger partial charge in [0, 0.05) is 24.7 Å². The van der Waals surface area contributed by atoms with E-state index in [1.54, 1.807) is 0 Å². The number of likely N-dealkylation sites (tertiary alicyclic amines) is 1. The van der Waals surface area contributed by atoms with Crippen LogP contribution in [-0.4, -0.2) is 29.9 Å². The Kier molecular flexibility index (Phi) is 6.27. The molecule has 1 aromatic carbocycles. The molecule has 1 aliphatic carbocycles. The van der Waals surface area contributed by atoms with E-state index in [0.29, 0.717) is 12.5 Å². The lowest BCUT2D eigenvalue weighted by atomic mass is 9.84. The quantitative estimate of drug-likeness (QED) is 0.902. The topological polar surface area (TPSA) is 46.3 Å². The first-order chi connectivity index (χ1) is 10.2. The number of rotatable bonds is 2. The van der Waals surface area contributed by atoms with Crippen LogP contribution in [0.2, 0.25) is 0 Å². The van der Waals surface area contributed by atoms with Gasteiger partial charge in [0.25, 0.3) is 5.91 Å². The molecule has 1 unspecified atom stereocenters. The maximum Gasteiger partial charge on any atom is 0.253 e. The van der Waals surface area contributed by atoms with Crippen LogP contribution in [0.25, 0.3) is 0 Å². The van der Waals surface area contributed by atoms with Crippen molar-refractivity contribution in [1.82, 2.24) is 4.90 Å². The Labute approximate surface area is 139 Å². The number of hydrogen-bond donors (Lipinski definition) is 1. The summed E-state index contributed by atoms with van der Waals surface area (Å²) in [6.07, 6.45) is 8.72. The van der Waals surface area contributed by atoms with Gasteiger partial charge in [-0.2, -0.15) is 0 Å². The minimum absolute atomic E-state index is 0. The number of carbonyl (C=O) groups is 1. The summed E-state index contributed by atoms with van der Waals surface area (Å²) in [5, 5.41) is 0. The van der Waals surface area contributed by atoms with Crippen molar-refractivity contribution in [2.24, 2.45) is 5.73 Å². The molecule has 1 aromatic rings. The fourth-order valence-corrected chi connectivity index (χ4v) is 3.71. The first kappa shape index (κ1) is 17.3. The Hall–Kier alpha value is -1.06. The van der Waals surface area contributed by atoms with Crippen molar-refractivity contribution < 1.29 is 4.79 Å². The molecule has 4 heteroatoms. The molecule has 0 aromatic heterocycles. The summed E-state index contributed by atoms with van der Waals surface area (Å²) in [5.74, 6) is 0.839. The van der Waals surface area contributed by atoms with Crippen LogP contribution in [0.1, 0.15) is 66.8 Å². The Morgan fingerprint density at radius 1 is 1.00 bits per heavy atom. The van der Waals surface area contributed by atoms with Crippen LogP contribution in [0.15, 0.2) is 24.3 Å². The number of piperidine rings is 1. The highest BCUT2D eigenvalue weighted by Gasteiger charge is 2.22. The molecular formula is C18H27ClN2O. The van der Waals surface area contributed by atoms with Crippen molar-refractivity contribution in [3.63, 3.8) is 0 Å². The fourth-order valence-electron chi connectivity index (χ4n) is 3.71. The molecule has 2 fully saturated rings. The molecule has 1 saturated heterocycles. The predicted molar refractivity (Wildman–Crippen MR) is 92.6 cm³/mol. The smallest absolute Gasteiger partial charge is 0.253 e. The number of amides is 1. The third-order valence-electron chi connectivity index (χ3n) is 4.98. The average molecular weight is 323 g/mol. The van der Waals surface area contributed by atoms with Gasteiger partial charge >= 0.3 is 0 Å². The zero-order valence-corrected chi connectivity index (χ0v) is 14.0. The van der Waals surface area contributed by atoms with Crippen LogP contribution in [0.5, 0.6) is 0 Å². The molecule has 1 aliphatic heterocycles. The molecule has 0 spiro atoms. The van der Waals surface area contributed by atoms with E-state index in [2.05, 4.69) is 12.1 Å². The summed E-state index contributed by atoms with van der Waals surface area (Å²) >= 11 is 0. The van der Waals surface area contributed by atoms with Crippen molar-refractivity contribution in [2.45, 2.75) is 56.9 Å². The molecule has 0 bridgehead atoms. The lowest BCUT2D eigenvalue weighted by Gasteiger charge is -2.31. The lowest BCUT2D eigenvalue weighted by Crippen LogP contribution is -2.45. The molecule has 22 heavy (non-hydrogen) atoms. The second-order valence-corrected chi connectivity index (χ2v) is 6.61. The van der Waals surface area contributed by atoms with E-state index in [0.717, 1.165) is 24.9 Å². The van der Waals surface area contributed by atoms with Crippen LogP contribution in [0, 0.1) is 0 Å². The summed E-state index contributed by atoms with van der Waals surface area (Å²) in [5.41, 5.74) is 8.18. The van der Waals surface area contributed by atoms with E-state index in [-0.39, 0.29) is 24.4 Å². The van der Waals surface area contributed by atoms with Gasteiger partial charge in [-0.3, -0.25) is 4.79 Å². The number of benzene rings is 1. The number of carbonyl (C=O) groups excluding carboxylic acids is 1. The molecular weight excluding hydrogens is 296 g/mol. The number of halogens is 1. The first-order valence-corrected chi connectivity index (χ1v) is 8.39. The predicted octanol–water partition coefficient (Wildman–Crippen LogP) is 3.72.